The Labute approximate surface area is 101 Å². The van der Waals surface area contributed by atoms with Gasteiger partial charge in [-0.2, -0.15) is 0 Å². The average Bonchev–Trinajstić information content (AvgIpc) is 2.10. The van der Waals surface area contributed by atoms with Gasteiger partial charge in [-0.1, -0.05) is 0 Å². The van der Waals surface area contributed by atoms with Gasteiger partial charge in [0.25, 0.3) is 0 Å². The highest BCUT2D eigenvalue weighted by atomic mass is 28.4. The van der Waals surface area contributed by atoms with Crippen molar-refractivity contribution in [3.63, 3.8) is 0 Å². The molecule has 0 aliphatic rings. The Morgan fingerprint density at radius 1 is 1.25 bits per heavy atom. The second kappa shape index (κ2) is 6.40. The van der Waals surface area contributed by atoms with E-state index in [2.05, 4.69) is 13.1 Å². The SMILES string of the molecule is CCO[Si](C)(C)CCCOC(=O)C(C)(C)C. The summed E-state index contributed by atoms with van der Waals surface area (Å²) in [5.74, 6) is -0.122. The number of ether oxygens (including phenoxy) is 1. The number of hydrogen-bond donors (Lipinski definition) is 0. The molecule has 0 amide bonds. The fraction of sp³-hybridized carbons (Fsp3) is 0.917. The fourth-order valence-electron chi connectivity index (χ4n) is 1.34. The van der Waals surface area contributed by atoms with Crippen molar-refractivity contribution in [3.8, 4) is 0 Å². The molecule has 0 spiro atoms. The molecule has 0 saturated carbocycles. The van der Waals surface area contributed by atoms with Gasteiger partial charge in [-0.3, -0.25) is 4.79 Å². The Morgan fingerprint density at radius 3 is 2.25 bits per heavy atom. The predicted molar refractivity (Wildman–Crippen MR) is 68.9 cm³/mol. The van der Waals surface area contributed by atoms with E-state index < -0.39 is 13.7 Å². The van der Waals surface area contributed by atoms with Crippen molar-refractivity contribution in [1.29, 1.82) is 0 Å². The minimum atomic E-state index is -1.51. The molecule has 16 heavy (non-hydrogen) atoms. The largest absolute Gasteiger partial charge is 0.465 e. The number of rotatable bonds is 6. The first kappa shape index (κ1) is 15.6. The molecule has 0 aliphatic carbocycles. The molecule has 0 aromatic rings. The number of esters is 1. The van der Waals surface area contributed by atoms with Crippen LogP contribution in [0.2, 0.25) is 19.1 Å². The lowest BCUT2D eigenvalue weighted by molar-refractivity contribution is -0.152. The summed E-state index contributed by atoms with van der Waals surface area (Å²) in [6.45, 7) is 13.3. The first-order chi connectivity index (χ1) is 7.19. The summed E-state index contributed by atoms with van der Waals surface area (Å²) in [5, 5.41) is 0. The van der Waals surface area contributed by atoms with E-state index in [-0.39, 0.29) is 5.97 Å². The van der Waals surface area contributed by atoms with E-state index in [0.717, 1.165) is 19.1 Å². The molecule has 96 valence electrons. The van der Waals surface area contributed by atoms with Gasteiger partial charge >= 0.3 is 5.97 Å². The van der Waals surface area contributed by atoms with E-state index in [1.165, 1.54) is 0 Å². The van der Waals surface area contributed by atoms with Crippen LogP contribution >= 0.6 is 0 Å². The van der Waals surface area contributed by atoms with Crippen LogP contribution in [0.15, 0.2) is 0 Å². The van der Waals surface area contributed by atoms with Crippen molar-refractivity contribution in [2.24, 2.45) is 5.41 Å². The maximum Gasteiger partial charge on any atom is 0.311 e. The van der Waals surface area contributed by atoms with E-state index in [9.17, 15) is 4.79 Å². The average molecular weight is 246 g/mol. The zero-order chi connectivity index (χ0) is 12.8. The maximum absolute atomic E-state index is 11.5. The van der Waals surface area contributed by atoms with Gasteiger partial charge in [0.2, 0.25) is 0 Å². The Hall–Kier alpha value is -0.353. The summed E-state index contributed by atoms with van der Waals surface area (Å²) >= 11 is 0. The summed E-state index contributed by atoms with van der Waals surface area (Å²) in [4.78, 5) is 11.5. The third kappa shape index (κ3) is 7.01. The van der Waals surface area contributed by atoms with E-state index in [4.69, 9.17) is 9.16 Å². The molecule has 0 rings (SSSR count). The second-order valence-electron chi connectivity index (χ2n) is 5.68. The number of hydrogen-bond acceptors (Lipinski definition) is 3. The fourth-order valence-corrected chi connectivity index (χ4v) is 3.26. The van der Waals surface area contributed by atoms with Gasteiger partial charge < -0.3 is 9.16 Å². The third-order valence-electron chi connectivity index (χ3n) is 2.30. The Bertz CT molecular complexity index is 219. The Morgan fingerprint density at radius 2 is 1.81 bits per heavy atom. The first-order valence-corrected chi connectivity index (χ1v) is 9.12. The van der Waals surface area contributed by atoms with Gasteiger partial charge in [-0.05, 0) is 53.3 Å². The molecule has 0 aromatic carbocycles. The van der Waals surface area contributed by atoms with E-state index in [1.807, 2.05) is 27.7 Å². The van der Waals surface area contributed by atoms with Crippen LogP contribution in [-0.4, -0.2) is 27.5 Å². The lowest BCUT2D eigenvalue weighted by atomic mass is 9.97. The van der Waals surface area contributed by atoms with Gasteiger partial charge in [0.1, 0.15) is 0 Å². The highest BCUT2D eigenvalue weighted by Crippen LogP contribution is 2.17. The van der Waals surface area contributed by atoms with Crippen LogP contribution in [0.4, 0.5) is 0 Å². The molecule has 0 atom stereocenters. The summed E-state index contributed by atoms with van der Waals surface area (Å²) in [6.07, 6.45) is 0.904. The van der Waals surface area contributed by atoms with E-state index in [1.54, 1.807) is 0 Å². The first-order valence-electron chi connectivity index (χ1n) is 6.00. The van der Waals surface area contributed by atoms with E-state index in [0.29, 0.717) is 6.61 Å². The summed E-state index contributed by atoms with van der Waals surface area (Å²) in [7, 11) is -1.51. The normalized spacial score (nSPS) is 12.6. The standard InChI is InChI=1S/C12H26O3Si/c1-7-15-16(5,6)10-8-9-14-11(13)12(2,3)4/h7-10H2,1-6H3. The van der Waals surface area contributed by atoms with Crippen LogP contribution in [-0.2, 0) is 14.0 Å². The second-order valence-corrected chi connectivity index (χ2v) is 9.99. The van der Waals surface area contributed by atoms with Gasteiger partial charge in [0, 0.05) is 6.61 Å². The molecule has 0 unspecified atom stereocenters. The zero-order valence-corrected chi connectivity index (χ0v) is 12.6. The molecule has 0 aliphatic heterocycles. The summed E-state index contributed by atoms with van der Waals surface area (Å²) in [6, 6.07) is 1.04. The van der Waals surface area contributed by atoms with Crippen LogP contribution in [0.5, 0.6) is 0 Å². The van der Waals surface area contributed by atoms with E-state index >= 15 is 0 Å². The molecule has 0 fully saturated rings. The highest BCUT2D eigenvalue weighted by molar-refractivity contribution is 6.71. The quantitative estimate of drug-likeness (QED) is 0.410. The molecule has 0 aromatic heterocycles. The molecule has 4 heteroatoms. The van der Waals surface area contributed by atoms with Crippen molar-refractivity contribution in [2.45, 2.75) is 53.3 Å². The number of carbonyl (C=O) groups excluding carboxylic acids is 1. The molecule has 0 heterocycles. The molecule has 0 bridgehead atoms. The molecule has 3 nitrogen and oxygen atoms in total. The summed E-state index contributed by atoms with van der Waals surface area (Å²) < 4.78 is 10.9. The van der Waals surface area contributed by atoms with Gasteiger partial charge in [-0.25, -0.2) is 0 Å². The summed E-state index contributed by atoms with van der Waals surface area (Å²) in [5.41, 5.74) is -0.396. The lowest BCUT2D eigenvalue weighted by Gasteiger charge is -2.22. The maximum atomic E-state index is 11.5. The minimum Gasteiger partial charge on any atom is -0.465 e. The van der Waals surface area contributed by atoms with Gasteiger partial charge in [-0.15, -0.1) is 0 Å². The molecule has 0 N–H and O–H groups in total. The van der Waals surface area contributed by atoms with Crippen molar-refractivity contribution < 1.29 is 14.0 Å². The third-order valence-corrected chi connectivity index (χ3v) is 4.93. The Balaban J connectivity index is 3.73. The van der Waals surface area contributed by atoms with Crippen molar-refractivity contribution in [1.82, 2.24) is 0 Å². The molecule has 0 saturated heterocycles. The number of carbonyl (C=O) groups is 1. The van der Waals surface area contributed by atoms with Crippen LogP contribution in [0.25, 0.3) is 0 Å². The topological polar surface area (TPSA) is 35.5 Å². The van der Waals surface area contributed by atoms with Crippen LogP contribution in [0.3, 0.4) is 0 Å². The lowest BCUT2D eigenvalue weighted by Crippen LogP contribution is -2.31. The van der Waals surface area contributed by atoms with Gasteiger partial charge in [0.05, 0.1) is 12.0 Å². The Kier molecular flexibility index (Phi) is 6.26. The van der Waals surface area contributed by atoms with Crippen LogP contribution < -0.4 is 0 Å². The monoisotopic (exact) mass is 246 g/mol. The van der Waals surface area contributed by atoms with Crippen molar-refractivity contribution >= 4 is 14.3 Å². The smallest absolute Gasteiger partial charge is 0.311 e. The van der Waals surface area contributed by atoms with Crippen molar-refractivity contribution in [3.05, 3.63) is 0 Å². The molecular formula is C12H26O3Si. The zero-order valence-electron chi connectivity index (χ0n) is 11.6. The van der Waals surface area contributed by atoms with Crippen molar-refractivity contribution in [2.75, 3.05) is 13.2 Å². The minimum absolute atomic E-state index is 0.122. The van der Waals surface area contributed by atoms with Crippen LogP contribution in [0.1, 0.15) is 34.1 Å². The molecular weight excluding hydrogens is 220 g/mol. The van der Waals surface area contributed by atoms with Crippen LogP contribution in [0, 0.1) is 5.41 Å². The predicted octanol–water partition coefficient (Wildman–Crippen LogP) is 3.21. The molecule has 0 radical (unpaired) electrons. The van der Waals surface area contributed by atoms with Gasteiger partial charge in [0.15, 0.2) is 8.32 Å². The highest BCUT2D eigenvalue weighted by Gasteiger charge is 2.24.